The number of hydrogen-bond acceptors (Lipinski definition) is 4. The molecule has 2 N–H and O–H groups in total. The molecule has 9 heteroatoms. The summed E-state index contributed by atoms with van der Waals surface area (Å²) in [5, 5.41) is 3.26. The van der Waals surface area contributed by atoms with Crippen LogP contribution < -0.4 is 10.9 Å². The predicted octanol–water partition coefficient (Wildman–Crippen LogP) is 2.10. The number of halogens is 3. The lowest BCUT2D eigenvalue weighted by Gasteiger charge is -2.07. The second-order valence-corrected chi connectivity index (χ2v) is 4.31. The lowest BCUT2D eigenvalue weighted by Crippen LogP contribution is -2.19. The van der Waals surface area contributed by atoms with E-state index < -0.39 is 28.1 Å². The molecule has 0 bridgehead atoms. The van der Waals surface area contributed by atoms with Crippen LogP contribution in [0.15, 0.2) is 28.5 Å². The van der Waals surface area contributed by atoms with Crippen molar-refractivity contribution in [3.63, 3.8) is 0 Å². The Labute approximate surface area is 108 Å². The van der Waals surface area contributed by atoms with Gasteiger partial charge in [-0.25, -0.2) is 4.98 Å². The first-order valence-electron chi connectivity index (χ1n) is 4.89. The molecule has 100 valence electrons. The number of carbonyl (C=O) groups excluding carboxylic acids is 1. The molecule has 2 aromatic heterocycles. The minimum atomic E-state index is -4.60. The summed E-state index contributed by atoms with van der Waals surface area (Å²) in [6.07, 6.45) is -3.47. The van der Waals surface area contributed by atoms with Crippen LogP contribution >= 0.6 is 11.3 Å². The van der Waals surface area contributed by atoms with Gasteiger partial charge in [0.2, 0.25) is 5.95 Å². The molecule has 2 aromatic rings. The van der Waals surface area contributed by atoms with Crippen LogP contribution in [0.2, 0.25) is 0 Å². The molecule has 0 aliphatic rings. The topological polar surface area (TPSA) is 74.8 Å². The fourth-order valence-corrected chi connectivity index (χ4v) is 2.08. The first-order chi connectivity index (χ1) is 8.88. The number of anilines is 1. The van der Waals surface area contributed by atoms with Gasteiger partial charge in [0, 0.05) is 12.3 Å². The van der Waals surface area contributed by atoms with Crippen LogP contribution in [-0.2, 0) is 6.18 Å². The summed E-state index contributed by atoms with van der Waals surface area (Å²) in [7, 11) is 0. The van der Waals surface area contributed by atoms with Crippen molar-refractivity contribution in [2.24, 2.45) is 0 Å². The number of rotatable bonds is 2. The summed E-state index contributed by atoms with van der Waals surface area (Å²) < 4.78 is 37.8. The highest BCUT2D eigenvalue weighted by Gasteiger charge is 2.36. The van der Waals surface area contributed by atoms with E-state index in [2.05, 4.69) is 15.3 Å². The van der Waals surface area contributed by atoms with Crippen molar-refractivity contribution < 1.29 is 18.0 Å². The number of thiophene rings is 1. The van der Waals surface area contributed by atoms with Crippen LogP contribution in [0.4, 0.5) is 19.1 Å². The van der Waals surface area contributed by atoms with Gasteiger partial charge in [-0.1, -0.05) is 0 Å². The average Bonchev–Trinajstić information content (AvgIpc) is 2.77. The van der Waals surface area contributed by atoms with E-state index >= 15 is 0 Å². The molecule has 0 atom stereocenters. The molecular weight excluding hydrogens is 283 g/mol. The van der Waals surface area contributed by atoms with Crippen LogP contribution in [0, 0.1) is 0 Å². The Morgan fingerprint density at radius 1 is 1.37 bits per heavy atom. The predicted molar refractivity (Wildman–Crippen MR) is 62.1 cm³/mol. The number of nitrogens with one attached hydrogen (secondary N) is 2. The van der Waals surface area contributed by atoms with Gasteiger partial charge in [0.1, 0.15) is 4.88 Å². The number of amides is 1. The van der Waals surface area contributed by atoms with Gasteiger partial charge >= 0.3 is 6.18 Å². The molecule has 0 saturated heterocycles. The molecule has 2 rings (SSSR count). The third-order valence-electron chi connectivity index (χ3n) is 2.07. The average molecular weight is 289 g/mol. The van der Waals surface area contributed by atoms with Gasteiger partial charge in [0.15, 0.2) is 0 Å². The summed E-state index contributed by atoms with van der Waals surface area (Å²) in [4.78, 5) is 27.4. The molecule has 0 aliphatic carbocycles. The molecule has 2 heterocycles. The summed E-state index contributed by atoms with van der Waals surface area (Å²) in [6.45, 7) is 0. The second-order valence-electron chi connectivity index (χ2n) is 3.40. The van der Waals surface area contributed by atoms with Crippen molar-refractivity contribution in [2.45, 2.75) is 6.18 Å². The molecule has 0 saturated carbocycles. The van der Waals surface area contributed by atoms with Crippen LogP contribution in [0.25, 0.3) is 0 Å². The third kappa shape index (κ3) is 2.99. The highest BCUT2D eigenvalue weighted by molar-refractivity contribution is 7.10. The Morgan fingerprint density at radius 3 is 2.74 bits per heavy atom. The Balaban J connectivity index is 2.26. The van der Waals surface area contributed by atoms with Crippen molar-refractivity contribution in [1.29, 1.82) is 0 Å². The summed E-state index contributed by atoms with van der Waals surface area (Å²) in [6, 6.07) is 2.17. The zero-order valence-corrected chi connectivity index (χ0v) is 9.93. The zero-order valence-electron chi connectivity index (χ0n) is 9.12. The molecule has 0 radical (unpaired) electrons. The monoisotopic (exact) mass is 289 g/mol. The van der Waals surface area contributed by atoms with Crippen LogP contribution in [-0.4, -0.2) is 15.9 Å². The van der Waals surface area contributed by atoms with Crippen molar-refractivity contribution >= 4 is 23.2 Å². The SMILES string of the molecule is O=C(Nc1nccc(=O)[nH]1)c1ccsc1C(F)(F)F. The first kappa shape index (κ1) is 13.3. The smallest absolute Gasteiger partial charge is 0.292 e. The lowest BCUT2D eigenvalue weighted by molar-refractivity contribution is -0.134. The maximum absolute atomic E-state index is 12.6. The summed E-state index contributed by atoms with van der Waals surface area (Å²) in [5.74, 6) is -1.19. The summed E-state index contributed by atoms with van der Waals surface area (Å²) in [5.41, 5.74) is -1.03. The van der Waals surface area contributed by atoms with E-state index in [9.17, 15) is 22.8 Å². The Bertz CT molecular complexity index is 662. The zero-order chi connectivity index (χ0) is 14.0. The van der Waals surface area contributed by atoms with Gasteiger partial charge in [-0.15, -0.1) is 11.3 Å². The molecule has 5 nitrogen and oxygen atoms in total. The Hall–Kier alpha value is -2.16. The quantitative estimate of drug-likeness (QED) is 0.889. The summed E-state index contributed by atoms with van der Waals surface area (Å²) >= 11 is 0.420. The molecule has 0 unspecified atom stereocenters. The van der Waals surface area contributed by atoms with Crippen molar-refractivity contribution in [2.75, 3.05) is 5.32 Å². The van der Waals surface area contributed by atoms with Gasteiger partial charge in [-0.3, -0.25) is 19.9 Å². The van der Waals surface area contributed by atoms with Crippen molar-refractivity contribution in [1.82, 2.24) is 9.97 Å². The van der Waals surface area contributed by atoms with E-state index in [1.165, 1.54) is 5.38 Å². The van der Waals surface area contributed by atoms with Crippen molar-refractivity contribution in [3.05, 3.63) is 44.5 Å². The van der Waals surface area contributed by atoms with E-state index in [0.29, 0.717) is 11.3 Å². The standard InChI is InChI=1S/C10H6F3N3O2S/c11-10(12,13)7-5(2-4-19-7)8(18)16-9-14-3-1-6(17)15-9/h1-4H,(H2,14,15,16,17,18). The Morgan fingerprint density at radius 2 is 2.11 bits per heavy atom. The molecule has 19 heavy (non-hydrogen) atoms. The minimum Gasteiger partial charge on any atom is -0.292 e. The number of aromatic nitrogens is 2. The second kappa shape index (κ2) is 4.84. The van der Waals surface area contributed by atoms with Gasteiger partial charge in [-0.05, 0) is 11.4 Å². The van der Waals surface area contributed by atoms with Crippen LogP contribution in [0.3, 0.4) is 0 Å². The first-order valence-corrected chi connectivity index (χ1v) is 5.77. The molecule has 0 aliphatic heterocycles. The number of alkyl halides is 3. The highest BCUT2D eigenvalue weighted by atomic mass is 32.1. The van der Waals surface area contributed by atoms with Gasteiger partial charge in [-0.2, -0.15) is 13.2 Å². The fourth-order valence-electron chi connectivity index (χ4n) is 1.32. The van der Waals surface area contributed by atoms with E-state index in [1.807, 2.05) is 0 Å². The van der Waals surface area contributed by atoms with Gasteiger partial charge < -0.3 is 0 Å². The van der Waals surface area contributed by atoms with Crippen LogP contribution in [0.1, 0.15) is 15.2 Å². The van der Waals surface area contributed by atoms with E-state index in [4.69, 9.17) is 0 Å². The Kier molecular flexibility index (Phi) is 3.38. The normalized spacial score (nSPS) is 11.3. The third-order valence-corrected chi connectivity index (χ3v) is 3.03. The van der Waals surface area contributed by atoms with Gasteiger partial charge in [0.05, 0.1) is 5.56 Å². The maximum Gasteiger partial charge on any atom is 0.426 e. The largest absolute Gasteiger partial charge is 0.426 e. The van der Waals surface area contributed by atoms with Gasteiger partial charge in [0.25, 0.3) is 11.5 Å². The number of aromatic amines is 1. The fraction of sp³-hybridized carbons (Fsp3) is 0.100. The number of hydrogen-bond donors (Lipinski definition) is 2. The molecule has 0 spiro atoms. The maximum atomic E-state index is 12.6. The molecule has 1 amide bonds. The lowest BCUT2D eigenvalue weighted by atomic mass is 10.2. The molecular formula is C10H6F3N3O2S. The molecule has 0 fully saturated rings. The minimum absolute atomic E-state index is 0.211. The number of carbonyl (C=O) groups is 1. The number of H-pyrrole nitrogens is 1. The number of nitrogens with zero attached hydrogens (tertiary/aromatic N) is 1. The van der Waals surface area contributed by atoms with Crippen LogP contribution in [0.5, 0.6) is 0 Å². The van der Waals surface area contributed by atoms with E-state index in [0.717, 1.165) is 18.3 Å². The van der Waals surface area contributed by atoms with Crippen molar-refractivity contribution in [3.8, 4) is 0 Å². The highest BCUT2D eigenvalue weighted by Crippen LogP contribution is 2.36. The van der Waals surface area contributed by atoms with E-state index in [-0.39, 0.29) is 5.95 Å². The molecule has 0 aromatic carbocycles. The van der Waals surface area contributed by atoms with E-state index in [1.54, 1.807) is 0 Å².